The molecule has 2 rings (SSSR count). The van der Waals surface area contributed by atoms with Crippen molar-refractivity contribution >= 4 is 0 Å². The van der Waals surface area contributed by atoms with Gasteiger partial charge in [0, 0.05) is 0 Å². The number of aliphatic hydroxyl groups is 2. The number of nitrogens with one attached hydrogen (secondary N) is 1. The van der Waals surface area contributed by atoms with Gasteiger partial charge in [0.1, 0.15) is 17.8 Å². The Labute approximate surface area is 63.9 Å². The lowest BCUT2D eigenvalue weighted by atomic mass is 9.96. The Morgan fingerprint density at radius 2 is 2.45 bits per heavy atom. The third-order valence-electron chi connectivity index (χ3n) is 2.30. The fourth-order valence-electron chi connectivity index (χ4n) is 1.48. The van der Waals surface area contributed by atoms with Crippen molar-refractivity contribution < 1.29 is 19.8 Å². The van der Waals surface area contributed by atoms with E-state index in [0.29, 0.717) is 13.2 Å². The Kier molecular flexibility index (Phi) is 1.62. The fourth-order valence-corrected chi connectivity index (χ4v) is 1.48. The van der Waals surface area contributed by atoms with Crippen molar-refractivity contribution in [2.75, 3.05) is 19.8 Å². The van der Waals surface area contributed by atoms with E-state index in [0.717, 1.165) is 0 Å². The van der Waals surface area contributed by atoms with Crippen LogP contribution in [0.3, 0.4) is 0 Å². The van der Waals surface area contributed by atoms with Gasteiger partial charge in [-0.15, -0.1) is 0 Å². The zero-order valence-corrected chi connectivity index (χ0v) is 5.99. The normalized spacial score (nSPS) is 49.6. The lowest BCUT2D eigenvalue weighted by Gasteiger charge is -2.34. The first-order valence-electron chi connectivity index (χ1n) is 3.60. The highest BCUT2D eigenvalue weighted by atomic mass is 16.7. The van der Waals surface area contributed by atoms with Gasteiger partial charge >= 0.3 is 0 Å². The summed E-state index contributed by atoms with van der Waals surface area (Å²) in [6.45, 7) is 0.497. The van der Waals surface area contributed by atoms with E-state index in [2.05, 4.69) is 5.48 Å². The largest absolute Gasteiger partial charge is 0.393 e. The van der Waals surface area contributed by atoms with Gasteiger partial charge in [-0.25, -0.2) is 0 Å². The van der Waals surface area contributed by atoms with Crippen LogP contribution in [0.5, 0.6) is 0 Å². The van der Waals surface area contributed by atoms with Crippen LogP contribution in [0.25, 0.3) is 0 Å². The minimum atomic E-state index is -0.830. The number of ether oxygens (including phenoxy) is 1. The number of aliphatic hydroxyl groups excluding tert-OH is 2. The Bertz CT molecular complexity index is 161. The van der Waals surface area contributed by atoms with Gasteiger partial charge in [0.05, 0.1) is 19.8 Å². The summed E-state index contributed by atoms with van der Waals surface area (Å²) in [4.78, 5) is 4.97. The summed E-state index contributed by atoms with van der Waals surface area (Å²) in [6.07, 6.45) is -1.05. The second kappa shape index (κ2) is 2.40. The highest BCUT2D eigenvalue weighted by Gasteiger charge is 2.52. The molecule has 0 aromatic carbocycles. The van der Waals surface area contributed by atoms with E-state index in [1.165, 1.54) is 0 Å². The molecule has 64 valence electrons. The minimum Gasteiger partial charge on any atom is -0.393 e. The number of hydroxylamine groups is 1. The summed E-state index contributed by atoms with van der Waals surface area (Å²) in [7, 11) is 0. The zero-order chi connectivity index (χ0) is 7.90. The monoisotopic (exact) mass is 161 g/mol. The van der Waals surface area contributed by atoms with Crippen molar-refractivity contribution in [2.45, 2.75) is 17.8 Å². The fraction of sp³-hybridized carbons (Fsp3) is 1.00. The first-order chi connectivity index (χ1) is 5.28. The molecule has 5 nitrogen and oxygen atoms in total. The molecule has 0 amide bonds. The Hall–Kier alpha value is -0.200. The highest BCUT2D eigenvalue weighted by Crippen LogP contribution is 2.30. The summed E-state index contributed by atoms with van der Waals surface area (Å²) >= 11 is 0. The van der Waals surface area contributed by atoms with Crippen molar-refractivity contribution in [1.29, 1.82) is 0 Å². The van der Waals surface area contributed by atoms with E-state index >= 15 is 0 Å². The molecule has 5 heteroatoms. The molecule has 2 heterocycles. The summed E-state index contributed by atoms with van der Waals surface area (Å²) in [5.41, 5.74) is 1.79. The van der Waals surface area contributed by atoms with Crippen LogP contribution in [0, 0.1) is 0 Å². The summed E-state index contributed by atoms with van der Waals surface area (Å²) in [5.74, 6) is 0. The van der Waals surface area contributed by atoms with Crippen LogP contribution >= 0.6 is 0 Å². The zero-order valence-electron chi connectivity index (χ0n) is 5.99. The Morgan fingerprint density at radius 1 is 1.64 bits per heavy atom. The molecular formula is C6H11NO4. The molecule has 2 aliphatic heterocycles. The molecule has 3 atom stereocenters. The van der Waals surface area contributed by atoms with Crippen molar-refractivity contribution in [3.8, 4) is 0 Å². The van der Waals surface area contributed by atoms with Crippen molar-refractivity contribution in [3.63, 3.8) is 0 Å². The summed E-state index contributed by atoms with van der Waals surface area (Å²) in [5, 5.41) is 18.5. The van der Waals surface area contributed by atoms with Crippen LogP contribution in [0.1, 0.15) is 0 Å². The molecule has 0 spiro atoms. The van der Waals surface area contributed by atoms with E-state index in [1.807, 2.05) is 0 Å². The van der Waals surface area contributed by atoms with Crippen LogP contribution in [-0.4, -0.2) is 47.8 Å². The predicted octanol–water partition coefficient (Wildman–Crippen LogP) is -1.99. The molecule has 0 aromatic heterocycles. The van der Waals surface area contributed by atoms with E-state index in [1.54, 1.807) is 0 Å². The SMILES string of the molecule is OCC12CNOC(CO1)C2O. The van der Waals surface area contributed by atoms with Gasteiger partial charge < -0.3 is 14.9 Å². The number of hydrogen-bond acceptors (Lipinski definition) is 5. The number of fused-ring (bicyclic) bond motifs is 2. The van der Waals surface area contributed by atoms with Crippen LogP contribution in [0.2, 0.25) is 0 Å². The Balaban J connectivity index is 2.19. The summed E-state index contributed by atoms with van der Waals surface area (Å²) < 4.78 is 5.24. The van der Waals surface area contributed by atoms with E-state index in [9.17, 15) is 5.11 Å². The maximum Gasteiger partial charge on any atom is 0.134 e. The lowest BCUT2D eigenvalue weighted by Crippen LogP contribution is -2.58. The average Bonchev–Trinajstić information content (AvgIpc) is 2.25. The third kappa shape index (κ3) is 0.896. The molecule has 2 aliphatic rings. The van der Waals surface area contributed by atoms with Gasteiger partial charge in [0.25, 0.3) is 0 Å². The van der Waals surface area contributed by atoms with Crippen LogP contribution < -0.4 is 5.48 Å². The maximum atomic E-state index is 9.51. The molecule has 0 radical (unpaired) electrons. The summed E-state index contributed by atoms with van der Waals surface area (Å²) in [6, 6.07) is 0. The van der Waals surface area contributed by atoms with Crippen molar-refractivity contribution in [2.24, 2.45) is 0 Å². The van der Waals surface area contributed by atoms with E-state index in [4.69, 9.17) is 14.7 Å². The van der Waals surface area contributed by atoms with Crippen LogP contribution in [0.4, 0.5) is 0 Å². The molecule has 2 saturated heterocycles. The molecule has 3 unspecified atom stereocenters. The van der Waals surface area contributed by atoms with Gasteiger partial charge in [0.15, 0.2) is 0 Å². The van der Waals surface area contributed by atoms with Gasteiger partial charge in [-0.05, 0) is 0 Å². The number of hydrogen-bond donors (Lipinski definition) is 3. The highest BCUT2D eigenvalue weighted by molar-refractivity contribution is 5.01. The van der Waals surface area contributed by atoms with Gasteiger partial charge in [0.2, 0.25) is 0 Å². The molecule has 0 saturated carbocycles. The molecule has 3 N–H and O–H groups in total. The first kappa shape index (κ1) is 7.45. The molecule has 11 heavy (non-hydrogen) atoms. The molecular weight excluding hydrogens is 150 g/mol. The molecule has 0 aliphatic carbocycles. The third-order valence-corrected chi connectivity index (χ3v) is 2.30. The van der Waals surface area contributed by atoms with Gasteiger partial charge in [-0.3, -0.25) is 4.84 Å². The van der Waals surface area contributed by atoms with E-state index < -0.39 is 11.7 Å². The average molecular weight is 161 g/mol. The lowest BCUT2D eigenvalue weighted by molar-refractivity contribution is -0.159. The predicted molar refractivity (Wildman–Crippen MR) is 34.7 cm³/mol. The van der Waals surface area contributed by atoms with Crippen LogP contribution in [0.15, 0.2) is 0 Å². The molecule has 0 aromatic rings. The van der Waals surface area contributed by atoms with Crippen molar-refractivity contribution in [3.05, 3.63) is 0 Å². The van der Waals surface area contributed by atoms with Crippen molar-refractivity contribution in [1.82, 2.24) is 5.48 Å². The quantitative estimate of drug-likeness (QED) is 0.415. The topological polar surface area (TPSA) is 71.0 Å². The molecule has 2 bridgehead atoms. The Morgan fingerprint density at radius 3 is 3.09 bits per heavy atom. The second-order valence-electron chi connectivity index (χ2n) is 2.96. The maximum absolute atomic E-state index is 9.51. The standard InChI is InChI=1S/C6H11NO4/c8-3-6-2-7-11-4(1-10-6)5(6)9/h4-5,7-9H,1-3H2. The first-order valence-corrected chi connectivity index (χ1v) is 3.60. The minimum absolute atomic E-state index is 0.180. The second-order valence-corrected chi connectivity index (χ2v) is 2.96. The van der Waals surface area contributed by atoms with Crippen LogP contribution in [-0.2, 0) is 9.57 Å². The number of rotatable bonds is 1. The van der Waals surface area contributed by atoms with Gasteiger partial charge in [-0.1, -0.05) is 0 Å². The smallest absolute Gasteiger partial charge is 0.134 e. The molecule has 2 fully saturated rings. The van der Waals surface area contributed by atoms with Gasteiger partial charge in [-0.2, -0.15) is 5.48 Å². The van der Waals surface area contributed by atoms with E-state index in [-0.39, 0.29) is 12.7 Å².